The number of nitrogens with one attached hydrogen (secondary N) is 1. The molecule has 0 saturated heterocycles. The molecule has 2 heterocycles. The first-order valence-electron chi connectivity index (χ1n) is 8.60. The third-order valence-electron chi connectivity index (χ3n) is 4.24. The monoisotopic (exact) mass is 350 g/mol. The fourth-order valence-corrected chi connectivity index (χ4v) is 2.59. The highest BCUT2D eigenvalue weighted by atomic mass is 16.5. The Kier molecular flexibility index (Phi) is 5.41. The average molecular weight is 350 g/mol. The number of nitrogens with zero attached hydrogens (tertiary/aromatic N) is 3. The summed E-state index contributed by atoms with van der Waals surface area (Å²) in [5.74, 6) is 0.898. The lowest BCUT2D eigenvalue weighted by atomic mass is 9.84. The topological polar surface area (TPSA) is 80.9 Å². The van der Waals surface area contributed by atoms with Gasteiger partial charge in [-0.3, -0.25) is 9.78 Å². The van der Waals surface area contributed by atoms with Gasteiger partial charge in [-0.1, -0.05) is 49.3 Å². The van der Waals surface area contributed by atoms with E-state index in [9.17, 15) is 4.79 Å². The molecule has 0 saturated carbocycles. The average Bonchev–Trinajstić information content (AvgIpc) is 3.15. The number of carbonyl (C=O) groups is 1. The van der Waals surface area contributed by atoms with Crippen LogP contribution in [0, 0.1) is 0 Å². The Hall–Kier alpha value is -3.02. The third-order valence-corrected chi connectivity index (χ3v) is 4.24. The van der Waals surface area contributed by atoms with E-state index in [2.05, 4.69) is 46.4 Å². The van der Waals surface area contributed by atoms with Crippen LogP contribution in [0.4, 0.5) is 0 Å². The summed E-state index contributed by atoms with van der Waals surface area (Å²) in [6, 6.07) is 13.8. The second-order valence-electron chi connectivity index (χ2n) is 6.78. The van der Waals surface area contributed by atoms with Gasteiger partial charge in [0.15, 0.2) is 0 Å². The molecule has 0 atom stereocenters. The second-order valence-corrected chi connectivity index (χ2v) is 6.78. The quantitative estimate of drug-likeness (QED) is 0.708. The molecule has 0 aliphatic heterocycles. The molecule has 3 rings (SSSR count). The minimum absolute atomic E-state index is 0.0323. The van der Waals surface area contributed by atoms with Crippen LogP contribution >= 0.6 is 0 Å². The predicted molar refractivity (Wildman–Crippen MR) is 98.3 cm³/mol. The zero-order valence-electron chi connectivity index (χ0n) is 15.0. The molecule has 0 aliphatic rings. The number of amides is 1. The van der Waals surface area contributed by atoms with Crippen LogP contribution in [0.1, 0.15) is 31.7 Å². The van der Waals surface area contributed by atoms with Crippen LogP contribution in [0.5, 0.6) is 0 Å². The van der Waals surface area contributed by atoms with E-state index in [1.807, 2.05) is 30.3 Å². The number of aromatic nitrogens is 3. The lowest BCUT2D eigenvalue weighted by molar-refractivity contribution is -0.121. The Morgan fingerprint density at radius 1 is 1.15 bits per heavy atom. The molecule has 0 radical (unpaired) electrons. The standard InChI is InChI=1S/C20H22N4O2/c1-20(2,16-8-4-3-5-9-16)14-22-17(25)10-11-18-23-19(24-26-18)15-7-6-12-21-13-15/h3-9,12-13H,10-11,14H2,1-2H3,(H,22,25). The van der Waals surface area contributed by atoms with Crippen molar-refractivity contribution in [1.82, 2.24) is 20.4 Å². The lowest BCUT2D eigenvalue weighted by Crippen LogP contribution is -2.36. The van der Waals surface area contributed by atoms with Crippen molar-refractivity contribution in [1.29, 1.82) is 0 Å². The zero-order valence-corrected chi connectivity index (χ0v) is 15.0. The molecule has 6 heteroatoms. The van der Waals surface area contributed by atoms with Crippen LogP contribution in [0.2, 0.25) is 0 Å². The van der Waals surface area contributed by atoms with Crippen LogP contribution in [0.15, 0.2) is 59.4 Å². The molecule has 0 aliphatic carbocycles. The SMILES string of the molecule is CC(C)(CNC(=O)CCc1nc(-c2cccnc2)no1)c1ccccc1. The normalized spacial score (nSPS) is 11.3. The maximum atomic E-state index is 12.2. The van der Waals surface area contributed by atoms with E-state index in [1.165, 1.54) is 5.56 Å². The second kappa shape index (κ2) is 7.91. The van der Waals surface area contributed by atoms with Crippen molar-refractivity contribution < 1.29 is 9.32 Å². The first-order chi connectivity index (χ1) is 12.5. The summed E-state index contributed by atoms with van der Waals surface area (Å²) in [7, 11) is 0. The summed E-state index contributed by atoms with van der Waals surface area (Å²) in [6.07, 6.45) is 4.07. The van der Waals surface area contributed by atoms with Crippen LogP contribution in [0.25, 0.3) is 11.4 Å². The van der Waals surface area contributed by atoms with Crippen LogP contribution in [-0.2, 0) is 16.6 Å². The first kappa shape index (κ1) is 17.8. The van der Waals surface area contributed by atoms with E-state index in [1.54, 1.807) is 12.4 Å². The van der Waals surface area contributed by atoms with E-state index in [-0.39, 0.29) is 11.3 Å². The Morgan fingerprint density at radius 3 is 2.69 bits per heavy atom. The highest BCUT2D eigenvalue weighted by Gasteiger charge is 2.21. The van der Waals surface area contributed by atoms with E-state index < -0.39 is 0 Å². The van der Waals surface area contributed by atoms with Crippen LogP contribution in [-0.4, -0.2) is 27.6 Å². The fourth-order valence-electron chi connectivity index (χ4n) is 2.59. The number of pyridine rings is 1. The Balaban J connectivity index is 1.50. The zero-order chi connectivity index (χ0) is 18.4. The number of hydrogen-bond acceptors (Lipinski definition) is 5. The van der Waals surface area contributed by atoms with Gasteiger partial charge >= 0.3 is 0 Å². The number of benzene rings is 1. The molecule has 0 spiro atoms. The molecular formula is C20H22N4O2. The molecule has 1 N–H and O–H groups in total. The van der Waals surface area contributed by atoms with Crippen LogP contribution < -0.4 is 5.32 Å². The number of hydrogen-bond donors (Lipinski definition) is 1. The molecule has 26 heavy (non-hydrogen) atoms. The maximum absolute atomic E-state index is 12.2. The minimum atomic E-state index is -0.130. The van der Waals surface area contributed by atoms with Gasteiger partial charge in [0.05, 0.1) is 0 Å². The first-order valence-corrected chi connectivity index (χ1v) is 8.60. The summed E-state index contributed by atoms with van der Waals surface area (Å²) in [5, 5.41) is 6.92. The number of carbonyl (C=O) groups excluding carboxylic acids is 1. The van der Waals surface area contributed by atoms with Gasteiger partial charge in [0.25, 0.3) is 0 Å². The van der Waals surface area contributed by atoms with Crippen molar-refractivity contribution in [3.63, 3.8) is 0 Å². The minimum Gasteiger partial charge on any atom is -0.355 e. The van der Waals surface area contributed by atoms with Gasteiger partial charge in [0, 0.05) is 42.8 Å². The lowest BCUT2D eigenvalue weighted by Gasteiger charge is -2.25. The van der Waals surface area contributed by atoms with Gasteiger partial charge in [0.1, 0.15) is 0 Å². The molecule has 1 amide bonds. The van der Waals surface area contributed by atoms with Crippen molar-refractivity contribution in [3.8, 4) is 11.4 Å². The van der Waals surface area contributed by atoms with Gasteiger partial charge in [-0.25, -0.2) is 0 Å². The molecule has 6 nitrogen and oxygen atoms in total. The highest BCUT2D eigenvalue weighted by molar-refractivity contribution is 5.76. The Bertz CT molecular complexity index is 845. The van der Waals surface area contributed by atoms with Crippen molar-refractivity contribution in [2.75, 3.05) is 6.54 Å². The smallest absolute Gasteiger partial charge is 0.227 e. The van der Waals surface area contributed by atoms with E-state index in [4.69, 9.17) is 4.52 Å². The van der Waals surface area contributed by atoms with Gasteiger partial charge in [-0.15, -0.1) is 0 Å². The number of rotatable bonds is 7. The molecule has 134 valence electrons. The van der Waals surface area contributed by atoms with Crippen LogP contribution in [0.3, 0.4) is 0 Å². The van der Waals surface area contributed by atoms with E-state index in [0.29, 0.717) is 31.1 Å². The Labute approximate surface area is 152 Å². The van der Waals surface area contributed by atoms with E-state index in [0.717, 1.165) is 5.56 Å². The van der Waals surface area contributed by atoms with Crippen molar-refractivity contribution in [2.24, 2.45) is 0 Å². The van der Waals surface area contributed by atoms with Gasteiger partial charge in [-0.05, 0) is 17.7 Å². The van der Waals surface area contributed by atoms with Gasteiger partial charge in [0.2, 0.25) is 17.6 Å². The molecule has 2 aromatic heterocycles. The molecule has 0 bridgehead atoms. The highest BCUT2D eigenvalue weighted by Crippen LogP contribution is 2.21. The van der Waals surface area contributed by atoms with Gasteiger partial charge < -0.3 is 9.84 Å². The maximum Gasteiger partial charge on any atom is 0.227 e. The molecular weight excluding hydrogens is 328 g/mol. The molecule has 1 aromatic carbocycles. The summed E-state index contributed by atoms with van der Waals surface area (Å²) in [4.78, 5) is 20.5. The summed E-state index contributed by atoms with van der Waals surface area (Å²) in [5.41, 5.74) is 1.85. The molecule has 3 aromatic rings. The summed E-state index contributed by atoms with van der Waals surface area (Å²) < 4.78 is 5.22. The van der Waals surface area contributed by atoms with Gasteiger partial charge in [-0.2, -0.15) is 4.98 Å². The molecule has 0 fully saturated rings. The van der Waals surface area contributed by atoms with Crippen molar-refractivity contribution in [3.05, 3.63) is 66.3 Å². The number of aryl methyl sites for hydroxylation is 1. The van der Waals surface area contributed by atoms with E-state index >= 15 is 0 Å². The Morgan fingerprint density at radius 2 is 1.96 bits per heavy atom. The van der Waals surface area contributed by atoms with Crippen molar-refractivity contribution in [2.45, 2.75) is 32.1 Å². The molecule has 0 unspecified atom stereocenters. The summed E-state index contributed by atoms with van der Waals surface area (Å²) in [6.45, 7) is 4.79. The largest absolute Gasteiger partial charge is 0.355 e. The predicted octanol–water partition coefficient (Wildman–Crippen LogP) is 3.16. The summed E-state index contributed by atoms with van der Waals surface area (Å²) >= 11 is 0. The third kappa shape index (κ3) is 4.53. The fraction of sp³-hybridized carbons (Fsp3) is 0.300. The van der Waals surface area contributed by atoms with Crippen molar-refractivity contribution >= 4 is 5.91 Å².